The molecular formula is C27H27N3O5S. The number of carbonyl (C=O) groups is 1. The normalized spacial score (nSPS) is 16.6. The number of hydrogen-bond donors (Lipinski definition) is 2. The van der Waals surface area contributed by atoms with Crippen LogP contribution in [0.5, 0.6) is 17.2 Å². The predicted octanol–water partition coefficient (Wildman–Crippen LogP) is 4.65. The van der Waals surface area contributed by atoms with Gasteiger partial charge in [0.1, 0.15) is 5.82 Å². The number of anilines is 1. The summed E-state index contributed by atoms with van der Waals surface area (Å²) in [6.45, 7) is 0. The number of H-pyrrole nitrogens is 1. The quantitative estimate of drug-likeness (QED) is 0.353. The fourth-order valence-corrected chi connectivity index (χ4v) is 5.65. The molecular weight excluding hydrogens is 478 g/mol. The van der Waals surface area contributed by atoms with Gasteiger partial charge in [-0.3, -0.25) is 9.59 Å². The maximum atomic E-state index is 13.5. The van der Waals surface area contributed by atoms with Crippen molar-refractivity contribution in [2.75, 3.05) is 26.6 Å². The topological polar surface area (TPSA) is 103 Å². The number of hydrogen-bond acceptors (Lipinski definition) is 8. The van der Waals surface area contributed by atoms with Crippen molar-refractivity contribution in [3.63, 3.8) is 0 Å². The Morgan fingerprint density at radius 1 is 1.00 bits per heavy atom. The van der Waals surface area contributed by atoms with Crippen LogP contribution in [0.15, 0.2) is 63.7 Å². The van der Waals surface area contributed by atoms with E-state index in [0.29, 0.717) is 63.5 Å². The largest absolute Gasteiger partial charge is 0.493 e. The monoisotopic (exact) mass is 505 g/mol. The number of nitrogens with one attached hydrogen (secondary N) is 2. The van der Waals surface area contributed by atoms with Crippen LogP contribution in [-0.4, -0.2) is 37.1 Å². The van der Waals surface area contributed by atoms with Crippen molar-refractivity contribution in [3.05, 3.63) is 80.8 Å². The summed E-state index contributed by atoms with van der Waals surface area (Å²) in [5.41, 5.74) is 3.37. The molecule has 0 saturated heterocycles. The highest BCUT2D eigenvalue weighted by atomic mass is 32.2. The summed E-state index contributed by atoms with van der Waals surface area (Å²) in [5, 5.41) is 3.83. The van der Waals surface area contributed by atoms with E-state index < -0.39 is 5.92 Å². The molecule has 2 N–H and O–H groups in total. The van der Waals surface area contributed by atoms with Crippen LogP contribution in [0.25, 0.3) is 0 Å². The van der Waals surface area contributed by atoms with Gasteiger partial charge in [0.05, 0.1) is 26.9 Å². The molecule has 3 aromatic rings. The van der Waals surface area contributed by atoms with Gasteiger partial charge in [0.2, 0.25) is 5.75 Å². The van der Waals surface area contributed by atoms with Gasteiger partial charge in [-0.1, -0.05) is 42.1 Å². The van der Waals surface area contributed by atoms with E-state index in [1.54, 1.807) is 26.4 Å². The molecule has 1 aromatic heterocycles. The minimum absolute atomic E-state index is 0.0232. The van der Waals surface area contributed by atoms with E-state index in [9.17, 15) is 9.59 Å². The van der Waals surface area contributed by atoms with Crippen molar-refractivity contribution in [2.24, 2.45) is 0 Å². The van der Waals surface area contributed by atoms with Crippen LogP contribution in [0.3, 0.4) is 0 Å². The van der Waals surface area contributed by atoms with E-state index in [2.05, 4.69) is 10.3 Å². The number of aromatic amines is 1. The zero-order valence-electron chi connectivity index (χ0n) is 20.3. The number of carbonyl (C=O) groups excluding carboxylic acids is 1. The Morgan fingerprint density at radius 2 is 1.72 bits per heavy atom. The average Bonchev–Trinajstić information content (AvgIpc) is 2.90. The van der Waals surface area contributed by atoms with Crippen molar-refractivity contribution in [2.45, 2.75) is 36.1 Å². The Kier molecular flexibility index (Phi) is 6.73. The number of aromatic nitrogens is 2. The minimum atomic E-state index is -0.609. The van der Waals surface area contributed by atoms with Crippen LogP contribution in [0.1, 0.15) is 41.9 Å². The fraction of sp³-hybridized carbons (Fsp3) is 0.296. The van der Waals surface area contributed by atoms with E-state index in [1.165, 1.54) is 18.9 Å². The van der Waals surface area contributed by atoms with Crippen molar-refractivity contribution >= 4 is 23.4 Å². The van der Waals surface area contributed by atoms with Gasteiger partial charge in [0, 0.05) is 29.4 Å². The Balaban J connectivity index is 1.63. The summed E-state index contributed by atoms with van der Waals surface area (Å²) in [4.78, 5) is 34.4. The maximum Gasteiger partial charge on any atom is 0.257 e. The van der Waals surface area contributed by atoms with E-state index in [4.69, 9.17) is 19.2 Å². The highest BCUT2D eigenvalue weighted by molar-refractivity contribution is 7.98. The average molecular weight is 506 g/mol. The lowest BCUT2D eigenvalue weighted by Gasteiger charge is -2.33. The molecule has 0 radical (unpaired) electrons. The van der Waals surface area contributed by atoms with Crippen molar-refractivity contribution in [1.29, 1.82) is 0 Å². The second-order valence-corrected chi connectivity index (χ2v) is 9.56. The molecule has 2 aliphatic rings. The molecule has 8 nitrogen and oxygen atoms in total. The molecule has 0 unspecified atom stereocenters. The van der Waals surface area contributed by atoms with Crippen LogP contribution in [0, 0.1) is 0 Å². The first-order valence-corrected chi connectivity index (χ1v) is 12.7. The number of Topliss-reactive ketones (excluding diaryl/α,β-unsaturated/α-hetero) is 1. The Hall–Kier alpha value is -3.72. The van der Waals surface area contributed by atoms with Crippen molar-refractivity contribution in [3.8, 4) is 17.2 Å². The molecule has 0 amide bonds. The molecule has 0 saturated carbocycles. The van der Waals surface area contributed by atoms with Crippen molar-refractivity contribution in [1.82, 2.24) is 9.97 Å². The van der Waals surface area contributed by atoms with Gasteiger partial charge >= 0.3 is 0 Å². The first-order valence-electron chi connectivity index (χ1n) is 11.7. The number of methoxy groups -OCH3 is 3. The lowest BCUT2D eigenvalue weighted by molar-refractivity contribution is -0.116. The number of ketones is 1. The highest BCUT2D eigenvalue weighted by Crippen LogP contribution is 2.47. The van der Waals surface area contributed by atoms with Crippen LogP contribution in [0.2, 0.25) is 0 Å². The third-order valence-electron chi connectivity index (χ3n) is 6.48. The van der Waals surface area contributed by atoms with E-state index >= 15 is 0 Å². The number of ether oxygens (including phenoxy) is 3. The van der Waals surface area contributed by atoms with Crippen molar-refractivity contribution < 1.29 is 19.0 Å². The molecule has 9 heteroatoms. The van der Waals surface area contributed by atoms with Crippen LogP contribution in [0.4, 0.5) is 5.82 Å². The molecule has 0 bridgehead atoms. The zero-order chi connectivity index (χ0) is 25.2. The molecule has 2 aromatic carbocycles. The van der Waals surface area contributed by atoms with E-state index in [1.807, 2.05) is 30.3 Å². The summed E-state index contributed by atoms with van der Waals surface area (Å²) in [5.74, 6) is 1.92. The van der Waals surface area contributed by atoms with Gasteiger partial charge in [-0.05, 0) is 36.1 Å². The molecule has 5 rings (SSSR count). The summed E-state index contributed by atoms with van der Waals surface area (Å²) >= 11 is 1.46. The van der Waals surface area contributed by atoms with Crippen LogP contribution < -0.4 is 25.1 Å². The first kappa shape index (κ1) is 24.0. The predicted molar refractivity (Wildman–Crippen MR) is 138 cm³/mol. The van der Waals surface area contributed by atoms with E-state index in [0.717, 1.165) is 17.7 Å². The molecule has 2 heterocycles. The third-order valence-corrected chi connectivity index (χ3v) is 7.42. The van der Waals surface area contributed by atoms with Crippen LogP contribution in [-0.2, 0) is 10.5 Å². The second kappa shape index (κ2) is 10.1. The van der Waals surface area contributed by atoms with Gasteiger partial charge in [0.15, 0.2) is 22.4 Å². The number of nitrogens with zero attached hydrogens (tertiary/aromatic N) is 1. The second-order valence-electron chi connectivity index (χ2n) is 8.59. The molecule has 1 aliphatic carbocycles. The Bertz CT molecular complexity index is 1380. The standard InChI is InChI=1S/C27H27N3O5S/c1-33-19-12-16(13-20(34-2)24(19)35-3)21-22-17(10-7-11-18(22)31)28-25-23(21)26(32)30-27(29-25)36-14-15-8-5-4-6-9-15/h4-6,8-9,12-13,21H,7,10-11,14H2,1-3H3,(H2,28,29,30,32)/t21-/m1/s1. The SMILES string of the molecule is COc1cc([C@@H]2C3=C(CCCC3=O)Nc3nc(SCc4ccccc4)[nH]c(=O)c32)cc(OC)c1OC. The molecule has 1 aliphatic heterocycles. The molecule has 0 fully saturated rings. The molecule has 0 spiro atoms. The molecule has 36 heavy (non-hydrogen) atoms. The maximum absolute atomic E-state index is 13.5. The molecule has 1 atom stereocenters. The number of fused-ring (bicyclic) bond motifs is 1. The van der Waals surface area contributed by atoms with E-state index in [-0.39, 0.29) is 11.3 Å². The fourth-order valence-electron chi connectivity index (χ4n) is 4.84. The Labute approximate surface area is 213 Å². The first-order chi connectivity index (χ1) is 17.5. The van der Waals surface area contributed by atoms with Gasteiger partial charge in [-0.15, -0.1) is 0 Å². The van der Waals surface area contributed by atoms with Gasteiger partial charge in [-0.25, -0.2) is 4.98 Å². The van der Waals surface area contributed by atoms with Gasteiger partial charge < -0.3 is 24.5 Å². The summed E-state index contributed by atoms with van der Waals surface area (Å²) in [6.07, 6.45) is 1.90. The Morgan fingerprint density at radius 3 is 2.39 bits per heavy atom. The minimum Gasteiger partial charge on any atom is -0.493 e. The lowest BCUT2D eigenvalue weighted by atomic mass is 9.76. The smallest absolute Gasteiger partial charge is 0.257 e. The number of rotatable bonds is 7. The van der Waals surface area contributed by atoms with Gasteiger partial charge in [-0.2, -0.15) is 0 Å². The summed E-state index contributed by atoms with van der Waals surface area (Å²) in [6, 6.07) is 13.6. The van der Waals surface area contributed by atoms with Crippen LogP contribution >= 0.6 is 11.8 Å². The summed E-state index contributed by atoms with van der Waals surface area (Å²) < 4.78 is 16.6. The highest BCUT2D eigenvalue weighted by Gasteiger charge is 2.38. The van der Waals surface area contributed by atoms with Gasteiger partial charge in [0.25, 0.3) is 5.56 Å². The lowest BCUT2D eigenvalue weighted by Crippen LogP contribution is -2.32. The third kappa shape index (κ3) is 4.35. The number of allylic oxidation sites excluding steroid dienone is 2. The zero-order valence-corrected chi connectivity index (χ0v) is 21.2. The number of benzene rings is 2. The number of thioether (sulfide) groups is 1. The summed E-state index contributed by atoms with van der Waals surface area (Å²) in [7, 11) is 4.62. The molecule has 186 valence electrons.